The fourth-order valence-electron chi connectivity index (χ4n) is 4.58. The average molecular weight is 358 g/mol. The molecule has 3 fully saturated rings. The largest absolute Gasteiger partial charge is 0.368 e. The summed E-state index contributed by atoms with van der Waals surface area (Å²) < 4.78 is 34.4. The van der Waals surface area contributed by atoms with Crippen molar-refractivity contribution in [3.63, 3.8) is 0 Å². The Morgan fingerprint density at radius 1 is 1.24 bits per heavy atom. The standard InChI is InChI=1S/C18H28F2N2O3/c1-2-21-9-5-8-17(16(21)24)11-18(19,20)13-22(12-17)15(23)10-25-14-6-3-4-7-14/h14H,2-13H2,1H3/t17-/m0/s1. The number of amides is 2. The fraction of sp³-hybridized carbons (Fsp3) is 0.889. The van der Waals surface area contributed by atoms with Crippen molar-refractivity contribution in [2.45, 2.75) is 63.9 Å². The monoisotopic (exact) mass is 358 g/mol. The molecule has 0 aromatic rings. The number of piperidine rings is 2. The zero-order chi connectivity index (χ0) is 18.1. The first-order chi connectivity index (χ1) is 11.9. The van der Waals surface area contributed by atoms with Crippen LogP contribution in [0.3, 0.4) is 0 Å². The molecule has 2 aliphatic heterocycles. The van der Waals surface area contributed by atoms with Gasteiger partial charge in [0.2, 0.25) is 11.8 Å². The molecule has 0 radical (unpaired) electrons. The van der Waals surface area contributed by atoms with Gasteiger partial charge in [-0.2, -0.15) is 0 Å². The summed E-state index contributed by atoms with van der Waals surface area (Å²) in [6.45, 7) is 2.30. The zero-order valence-electron chi connectivity index (χ0n) is 14.9. The van der Waals surface area contributed by atoms with Gasteiger partial charge in [-0.05, 0) is 32.6 Å². The lowest BCUT2D eigenvalue weighted by atomic mass is 9.71. The van der Waals surface area contributed by atoms with E-state index in [1.807, 2.05) is 6.92 Å². The maximum absolute atomic E-state index is 14.4. The van der Waals surface area contributed by atoms with E-state index in [1.165, 1.54) is 0 Å². The summed E-state index contributed by atoms with van der Waals surface area (Å²) in [6.07, 6.45) is 4.77. The Bertz CT molecular complexity index is 522. The second-order valence-corrected chi connectivity index (χ2v) is 7.77. The SMILES string of the molecule is CCN1CCC[C@]2(CN(C(=O)COC3CCCC3)CC(F)(F)C2)C1=O. The lowest BCUT2D eigenvalue weighted by Crippen LogP contribution is -2.62. The number of carbonyl (C=O) groups excluding carboxylic acids is 2. The Hall–Kier alpha value is -1.24. The van der Waals surface area contributed by atoms with Gasteiger partial charge in [0.05, 0.1) is 18.1 Å². The van der Waals surface area contributed by atoms with Crippen molar-refractivity contribution in [1.82, 2.24) is 9.80 Å². The lowest BCUT2D eigenvalue weighted by molar-refractivity contribution is -0.176. The quantitative estimate of drug-likeness (QED) is 0.776. The molecule has 7 heteroatoms. The molecule has 5 nitrogen and oxygen atoms in total. The topological polar surface area (TPSA) is 49.9 Å². The van der Waals surface area contributed by atoms with Gasteiger partial charge in [0.15, 0.2) is 0 Å². The van der Waals surface area contributed by atoms with Crippen molar-refractivity contribution < 1.29 is 23.1 Å². The number of ether oxygens (including phenoxy) is 1. The van der Waals surface area contributed by atoms with E-state index in [-0.39, 0.29) is 25.2 Å². The van der Waals surface area contributed by atoms with Crippen LogP contribution >= 0.6 is 0 Å². The number of nitrogens with zero attached hydrogens (tertiary/aromatic N) is 2. The number of alkyl halides is 2. The van der Waals surface area contributed by atoms with Gasteiger partial charge in [-0.1, -0.05) is 12.8 Å². The number of carbonyl (C=O) groups is 2. The molecule has 0 bridgehead atoms. The first-order valence-corrected chi connectivity index (χ1v) is 9.42. The van der Waals surface area contributed by atoms with Crippen molar-refractivity contribution in [2.24, 2.45) is 5.41 Å². The molecule has 3 rings (SSSR count). The van der Waals surface area contributed by atoms with E-state index in [0.29, 0.717) is 25.9 Å². The van der Waals surface area contributed by atoms with E-state index in [4.69, 9.17) is 4.74 Å². The Balaban J connectivity index is 1.69. The van der Waals surface area contributed by atoms with E-state index in [2.05, 4.69) is 0 Å². The highest BCUT2D eigenvalue weighted by Crippen LogP contribution is 2.45. The molecule has 1 spiro atoms. The van der Waals surface area contributed by atoms with E-state index in [0.717, 1.165) is 30.6 Å². The molecule has 2 saturated heterocycles. The molecule has 0 aromatic heterocycles. The van der Waals surface area contributed by atoms with Crippen molar-refractivity contribution in [3.8, 4) is 0 Å². The van der Waals surface area contributed by atoms with Gasteiger partial charge in [0.25, 0.3) is 5.92 Å². The molecule has 0 unspecified atom stereocenters. The highest BCUT2D eigenvalue weighted by Gasteiger charge is 2.55. The van der Waals surface area contributed by atoms with Crippen LogP contribution in [0.1, 0.15) is 51.9 Å². The van der Waals surface area contributed by atoms with Crippen LogP contribution < -0.4 is 0 Å². The van der Waals surface area contributed by atoms with Gasteiger partial charge in [0.1, 0.15) is 6.61 Å². The first kappa shape index (κ1) is 18.5. The predicted octanol–water partition coefficient (Wildman–Crippen LogP) is 2.44. The minimum atomic E-state index is -3.03. The van der Waals surface area contributed by atoms with Gasteiger partial charge in [-0.25, -0.2) is 8.78 Å². The predicted molar refractivity (Wildman–Crippen MR) is 88.3 cm³/mol. The van der Waals surface area contributed by atoms with Crippen LogP contribution in [0.25, 0.3) is 0 Å². The maximum Gasteiger partial charge on any atom is 0.266 e. The minimum Gasteiger partial charge on any atom is -0.368 e. The van der Waals surface area contributed by atoms with E-state index in [1.54, 1.807) is 4.90 Å². The molecule has 2 amide bonds. The normalized spacial score (nSPS) is 30.3. The maximum atomic E-state index is 14.4. The van der Waals surface area contributed by atoms with Crippen molar-refractivity contribution in [2.75, 3.05) is 32.8 Å². The van der Waals surface area contributed by atoms with Crippen LogP contribution in [-0.4, -0.2) is 66.4 Å². The Labute approximate surface area is 147 Å². The second kappa shape index (κ2) is 7.17. The van der Waals surface area contributed by atoms with Crippen LogP contribution in [0.5, 0.6) is 0 Å². The van der Waals surface area contributed by atoms with Crippen molar-refractivity contribution >= 4 is 11.8 Å². The Morgan fingerprint density at radius 3 is 2.64 bits per heavy atom. The molecular formula is C18H28F2N2O3. The summed E-state index contributed by atoms with van der Waals surface area (Å²) in [5, 5.41) is 0. The highest BCUT2D eigenvalue weighted by atomic mass is 19.3. The zero-order valence-corrected chi connectivity index (χ0v) is 14.9. The summed E-state index contributed by atoms with van der Waals surface area (Å²) in [6, 6.07) is 0. The summed E-state index contributed by atoms with van der Waals surface area (Å²) in [4.78, 5) is 28.1. The highest BCUT2D eigenvalue weighted by molar-refractivity contribution is 5.85. The fourth-order valence-corrected chi connectivity index (χ4v) is 4.58. The molecule has 25 heavy (non-hydrogen) atoms. The summed E-state index contributed by atoms with van der Waals surface area (Å²) in [7, 11) is 0. The molecular weight excluding hydrogens is 330 g/mol. The molecule has 1 atom stereocenters. The molecule has 3 aliphatic rings. The third-order valence-corrected chi connectivity index (χ3v) is 5.82. The number of hydrogen-bond acceptors (Lipinski definition) is 3. The Kier molecular flexibility index (Phi) is 5.32. The molecule has 0 N–H and O–H groups in total. The van der Waals surface area contributed by atoms with Crippen molar-refractivity contribution in [3.05, 3.63) is 0 Å². The van der Waals surface area contributed by atoms with Crippen LogP contribution in [0.4, 0.5) is 8.78 Å². The number of halogens is 2. The van der Waals surface area contributed by atoms with Crippen molar-refractivity contribution in [1.29, 1.82) is 0 Å². The summed E-state index contributed by atoms with van der Waals surface area (Å²) >= 11 is 0. The lowest BCUT2D eigenvalue weighted by Gasteiger charge is -2.49. The van der Waals surface area contributed by atoms with E-state index < -0.39 is 30.2 Å². The van der Waals surface area contributed by atoms with Gasteiger partial charge in [-0.15, -0.1) is 0 Å². The first-order valence-electron chi connectivity index (χ1n) is 9.42. The number of rotatable bonds is 4. The van der Waals surface area contributed by atoms with Crippen LogP contribution in [0.2, 0.25) is 0 Å². The van der Waals surface area contributed by atoms with Crippen LogP contribution in [0, 0.1) is 5.41 Å². The van der Waals surface area contributed by atoms with Crippen LogP contribution in [0.15, 0.2) is 0 Å². The Morgan fingerprint density at radius 2 is 1.96 bits per heavy atom. The number of likely N-dealkylation sites (tertiary alicyclic amines) is 2. The van der Waals surface area contributed by atoms with Crippen LogP contribution in [-0.2, 0) is 14.3 Å². The molecule has 1 aliphatic carbocycles. The summed E-state index contributed by atoms with van der Waals surface area (Å²) in [5.41, 5.74) is -1.14. The smallest absolute Gasteiger partial charge is 0.266 e. The summed E-state index contributed by atoms with van der Waals surface area (Å²) in [5.74, 6) is -3.68. The third-order valence-electron chi connectivity index (χ3n) is 5.82. The average Bonchev–Trinajstić information content (AvgIpc) is 3.07. The minimum absolute atomic E-state index is 0.0649. The second-order valence-electron chi connectivity index (χ2n) is 7.77. The van der Waals surface area contributed by atoms with E-state index in [9.17, 15) is 18.4 Å². The van der Waals surface area contributed by atoms with Gasteiger partial charge >= 0.3 is 0 Å². The van der Waals surface area contributed by atoms with E-state index >= 15 is 0 Å². The third kappa shape index (κ3) is 3.96. The molecule has 0 aromatic carbocycles. The van der Waals surface area contributed by atoms with Gasteiger partial charge in [0, 0.05) is 26.1 Å². The number of hydrogen-bond donors (Lipinski definition) is 0. The molecule has 142 valence electrons. The van der Waals surface area contributed by atoms with Gasteiger partial charge < -0.3 is 14.5 Å². The van der Waals surface area contributed by atoms with Gasteiger partial charge in [-0.3, -0.25) is 9.59 Å². The molecule has 1 saturated carbocycles. The molecule has 2 heterocycles.